The lowest BCUT2D eigenvalue weighted by atomic mass is 10.2. The van der Waals surface area contributed by atoms with Crippen molar-refractivity contribution >= 4 is 5.91 Å². The summed E-state index contributed by atoms with van der Waals surface area (Å²) in [5.74, 6) is 0.112. The molecule has 0 bridgehead atoms. The van der Waals surface area contributed by atoms with Crippen molar-refractivity contribution in [1.82, 2.24) is 10.6 Å². The Morgan fingerprint density at radius 3 is 3.21 bits per heavy atom. The largest absolute Gasteiger partial charge is 0.502 e. The summed E-state index contributed by atoms with van der Waals surface area (Å²) in [6.45, 7) is 5.68. The maximum absolute atomic E-state index is 11.4. The van der Waals surface area contributed by atoms with E-state index >= 15 is 0 Å². The second kappa shape index (κ2) is 6.43. The summed E-state index contributed by atoms with van der Waals surface area (Å²) >= 11 is 0. The Morgan fingerprint density at radius 1 is 1.71 bits per heavy atom. The molecule has 1 heterocycles. The van der Waals surface area contributed by atoms with Crippen LogP contribution in [-0.4, -0.2) is 31.6 Å². The monoisotopic (exact) mass is 198 g/mol. The zero-order valence-corrected chi connectivity index (χ0v) is 8.42. The van der Waals surface area contributed by atoms with Crippen molar-refractivity contribution in [3.05, 3.63) is 12.8 Å². The van der Waals surface area contributed by atoms with E-state index in [4.69, 9.17) is 4.74 Å². The van der Waals surface area contributed by atoms with Crippen LogP contribution in [0.15, 0.2) is 12.8 Å². The van der Waals surface area contributed by atoms with Crippen LogP contribution < -0.4 is 10.6 Å². The lowest BCUT2D eigenvalue weighted by Crippen LogP contribution is -2.40. The van der Waals surface area contributed by atoms with Crippen LogP contribution in [-0.2, 0) is 9.53 Å². The highest BCUT2D eigenvalue weighted by Gasteiger charge is 2.20. The van der Waals surface area contributed by atoms with E-state index in [9.17, 15) is 4.79 Å². The molecule has 1 atom stereocenters. The second-order valence-electron chi connectivity index (χ2n) is 3.33. The van der Waals surface area contributed by atoms with Crippen LogP contribution >= 0.6 is 0 Å². The summed E-state index contributed by atoms with van der Waals surface area (Å²) in [5, 5.41) is 6.02. The van der Waals surface area contributed by atoms with Crippen molar-refractivity contribution in [3.63, 3.8) is 0 Å². The molecule has 0 aliphatic carbocycles. The molecule has 1 amide bonds. The first-order chi connectivity index (χ1) is 6.84. The van der Waals surface area contributed by atoms with Gasteiger partial charge >= 0.3 is 0 Å². The Hall–Kier alpha value is -1.03. The molecule has 0 aromatic heterocycles. The maximum atomic E-state index is 11.4. The Labute approximate surface area is 84.7 Å². The van der Waals surface area contributed by atoms with E-state index in [1.165, 1.54) is 6.26 Å². The van der Waals surface area contributed by atoms with E-state index in [2.05, 4.69) is 17.2 Å². The van der Waals surface area contributed by atoms with Crippen molar-refractivity contribution in [2.24, 2.45) is 0 Å². The summed E-state index contributed by atoms with van der Waals surface area (Å²) < 4.78 is 4.94. The number of carbonyl (C=O) groups is 1. The van der Waals surface area contributed by atoms with Gasteiger partial charge in [-0.3, -0.25) is 4.79 Å². The Kier molecular flexibility index (Phi) is 5.07. The number of carbonyl (C=O) groups excluding carboxylic acids is 1. The molecule has 0 aromatic carbocycles. The molecule has 1 saturated heterocycles. The van der Waals surface area contributed by atoms with E-state index in [0.717, 1.165) is 25.8 Å². The molecule has 14 heavy (non-hydrogen) atoms. The van der Waals surface area contributed by atoms with Gasteiger partial charge in [-0.05, 0) is 25.8 Å². The van der Waals surface area contributed by atoms with E-state index < -0.39 is 0 Å². The highest BCUT2D eigenvalue weighted by molar-refractivity contribution is 5.81. The van der Waals surface area contributed by atoms with Gasteiger partial charge in [0.1, 0.15) is 0 Å². The van der Waals surface area contributed by atoms with Crippen LogP contribution in [0.1, 0.15) is 19.3 Å². The third-order valence-corrected chi connectivity index (χ3v) is 2.23. The molecule has 0 radical (unpaired) electrons. The molecular formula is C10H18N2O2. The molecule has 0 saturated carbocycles. The molecule has 1 unspecified atom stereocenters. The Morgan fingerprint density at radius 2 is 2.57 bits per heavy atom. The number of ether oxygens (including phenoxy) is 1. The van der Waals surface area contributed by atoms with Crippen LogP contribution in [0.2, 0.25) is 0 Å². The summed E-state index contributed by atoms with van der Waals surface area (Å²) in [4.78, 5) is 11.4. The predicted molar refractivity (Wildman–Crippen MR) is 54.8 cm³/mol. The van der Waals surface area contributed by atoms with Gasteiger partial charge in [-0.15, -0.1) is 0 Å². The molecule has 0 aromatic rings. The normalized spacial score (nSPS) is 20.4. The van der Waals surface area contributed by atoms with Crippen molar-refractivity contribution in [2.75, 3.05) is 19.7 Å². The fourth-order valence-corrected chi connectivity index (χ4v) is 1.48. The number of rotatable bonds is 6. The third-order valence-electron chi connectivity index (χ3n) is 2.23. The predicted octanol–water partition coefficient (Wildman–Crippen LogP) is 0.405. The van der Waals surface area contributed by atoms with E-state index in [0.29, 0.717) is 13.2 Å². The van der Waals surface area contributed by atoms with E-state index in [-0.39, 0.29) is 11.9 Å². The van der Waals surface area contributed by atoms with Gasteiger partial charge in [0.2, 0.25) is 5.91 Å². The molecular weight excluding hydrogens is 180 g/mol. The molecule has 4 nitrogen and oxygen atoms in total. The van der Waals surface area contributed by atoms with Crippen LogP contribution in [0.25, 0.3) is 0 Å². The van der Waals surface area contributed by atoms with Crippen molar-refractivity contribution in [3.8, 4) is 0 Å². The van der Waals surface area contributed by atoms with Crippen molar-refractivity contribution in [1.29, 1.82) is 0 Å². The molecule has 1 fully saturated rings. The quantitative estimate of drug-likeness (QED) is 0.480. The fraction of sp³-hybridized carbons (Fsp3) is 0.700. The number of nitrogens with one attached hydrogen (secondary N) is 2. The average molecular weight is 198 g/mol. The highest BCUT2D eigenvalue weighted by atomic mass is 16.5. The summed E-state index contributed by atoms with van der Waals surface area (Å²) in [6, 6.07) is 0.0234. The lowest BCUT2D eigenvalue weighted by Gasteiger charge is -2.10. The maximum Gasteiger partial charge on any atom is 0.237 e. The zero-order valence-electron chi connectivity index (χ0n) is 8.42. The third kappa shape index (κ3) is 3.79. The molecule has 0 spiro atoms. The first-order valence-corrected chi connectivity index (χ1v) is 5.08. The van der Waals surface area contributed by atoms with E-state index in [1.54, 1.807) is 0 Å². The van der Waals surface area contributed by atoms with Gasteiger partial charge in [-0.1, -0.05) is 6.58 Å². The molecule has 1 aliphatic heterocycles. The van der Waals surface area contributed by atoms with Gasteiger partial charge in [0.15, 0.2) is 0 Å². The molecule has 80 valence electrons. The first kappa shape index (κ1) is 11.0. The lowest BCUT2D eigenvalue weighted by molar-refractivity contribution is -0.122. The minimum Gasteiger partial charge on any atom is -0.502 e. The summed E-state index contributed by atoms with van der Waals surface area (Å²) in [5.41, 5.74) is 0. The second-order valence-corrected chi connectivity index (χ2v) is 3.33. The SMILES string of the molecule is C=COCCCNC(=O)C1CCCN1. The zero-order chi connectivity index (χ0) is 10.2. The molecule has 2 N–H and O–H groups in total. The van der Waals surface area contributed by atoms with Gasteiger partial charge in [-0.2, -0.15) is 0 Å². The summed E-state index contributed by atoms with van der Waals surface area (Å²) in [6.07, 6.45) is 4.29. The first-order valence-electron chi connectivity index (χ1n) is 5.08. The average Bonchev–Trinajstić information content (AvgIpc) is 2.70. The van der Waals surface area contributed by atoms with Gasteiger partial charge < -0.3 is 15.4 Å². The Bertz CT molecular complexity index is 189. The minimum absolute atomic E-state index is 0.0234. The van der Waals surface area contributed by atoms with Crippen LogP contribution in [0.5, 0.6) is 0 Å². The van der Waals surface area contributed by atoms with Gasteiger partial charge in [-0.25, -0.2) is 0 Å². The van der Waals surface area contributed by atoms with Gasteiger partial charge in [0.05, 0.1) is 18.9 Å². The number of hydrogen-bond acceptors (Lipinski definition) is 3. The number of amides is 1. The topological polar surface area (TPSA) is 50.4 Å². The molecule has 1 aliphatic rings. The minimum atomic E-state index is 0.0234. The smallest absolute Gasteiger partial charge is 0.237 e. The van der Waals surface area contributed by atoms with Crippen molar-refractivity contribution in [2.45, 2.75) is 25.3 Å². The van der Waals surface area contributed by atoms with Crippen LogP contribution in [0.4, 0.5) is 0 Å². The fourth-order valence-electron chi connectivity index (χ4n) is 1.48. The summed E-state index contributed by atoms with van der Waals surface area (Å²) in [7, 11) is 0. The Balaban J connectivity index is 2.00. The van der Waals surface area contributed by atoms with Gasteiger partial charge in [0, 0.05) is 6.54 Å². The van der Waals surface area contributed by atoms with Crippen LogP contribution in [0.3, 0.4) is 0 Å². The standard InChI is InChI=1S/C10H18N2O2/c1-2-14-8-4-7-12-10(13)9-5-3-6-11-9/h2,9,11H,1,3-8H2,(H,12,13). The highest BCUT2D eigenvalue weighted by Crippen LogP contribution is 2.04. The molecule has 4 heteroatoms. The number of hydrogen-bond donors (Lipinski definition) is 2. The van der Waals surface area contributed by atoms with Crippen LogP contribution in [0, 0.1) is 0 Å². The van der Waals surface area contributed by atoms with Crippen molar-refractivity contribution < 1.29 is 9.53 Å². The van der Waals surface area contributed by atoms with Gasteiger partial charge in [0.25, 0.3) is 0 Å². The molecule has 1 rings (SSSR count). The van der Waals surface area contributed by atoms with E-state index in [1.807, 2.05) is 0 Å².